The molecule has 4 nitrogen and oxygen atoms in total. The number of halogens is 1. The molecule has 1 aliphatic heterocycles. The van der Waals surface area contributed by atoms with Gasteiger partial charge in [-0.15, -0.1) is 0 Å². The van der Waals surface area contributed by atoms with Gasteiger partial charge in [0.05, 0.1) is 12.3 Å². The Bertz CT molecular complexity index is 905. The van der Waals surface area contributed by atoms with Crippen molar-refractivity contribution in [3.05, 3.63) is 70.2 Å². The van der Waals surface area contributed by atoms with Gasteiger partial charge in [-0.2, -0.15) is 0 Å². The average molecular weight is 411 g/mol. The molecule has 1 aliphatic carbocycles. The molecule has 1 saturated carbocycles. The fourth-order valence-corrected chi connectivity index (χ4v) is 4.52. The first-order valence-corrected chi connectivity index (χ1v) is 10.8. The van der Waals surface area contributed by atoms with Gasteiger partial charge in [-0.1, -0.05) is 72.1 Å². The quantitative estimate of drug-likeness (QED) is 0.643. The lowest BCUT2D eigenvalue weighted by molar-refractivity contribution is -0.137. The molecule has 0 bridgehead atoms. The van der Waals surface area contributed by atoms with Gasteiger partial charge >= 0.3 is 0 Å². The van der Waals surface area contributed by atoms with Crippen LogP contribution in [0.2, 0.25) is 5.02 Å². The number of hydrogen-bond acceptors (Lipinski definition) is 3. The number of oxime groups is 1. The fourth-order valence-electron chi connectivity index (χ4n) is 4.32. The smallest absolute Gasteiger partial charge is 0.226 e. The van der Waals surface area contributed by atoms with Crippen molar-refractivity contribution in [3.8, 4) is 0 Å². The van der Waals surface area contributed by atoms with Crippen molar-refractivity contribution in [1.29, 1.82) is 0 Å². The summed E-state index contributed by atoms with van der Waals surface area (Å²) in [4.78, 5) is 20.9. The van der Waals surface area contributed by atoms with E-state index >= 15 is 0 Å². The molecule has 4 rings (SSSR count). The van der Waals surface area contributed by atoms with Gasteiger partial charge in [-0.25, -0.2) is 0 Å². The van der Waals surface area contributed by atoms with Crippen LogP contribution in [-0.2, 0) is 16.2 Å². The van der Waals surface area contributed by atoms with E-state index in [-0.39, 0.29) is 17.9 Å². The normalized spacial score (nSPS) is 19.1. The highest BCUT2D eigenvalue weighted by atomic mass is 35.5. The number of hydrogen-bond donors (Lipinski definition) is 0. The molecular formula is C24H27ClN2O2. The zero-order chi connectivity index (χ0) is 20.2. The predicted octanol–water partition coefficient (Wildman–Crippen LogP) is 5.36. The highest BCUT2D eigenvalue weighted by molar-refractivity contribution is 6.31. The maximum absolute atomic E-state index is 13.2. The minimum atomic E-state index is -0.127. The molecule has 0 spiro atoms. The van der Waals surface area contributed by atoms with Crippen LogP contribution in [0.4, 0.5) is 0 Å². The van der Waals surface area contributed by atoms with Crippen molar-refractivity contribution < 1.29 is 9.63 Å². The highest BCUT2D eigenvalue weighted by Gasteiger charge is 2.32. The lowest BCUT2D eigenvalue weighted by Crippen LogP contribution is -2.40. The highest BCUT2D eigenvalue weighted by Crippen LogP contribution is 2.29. The summed E-state index contributed by atoms with van der Waals surface area (Å²) in [5, 5.41) is 5.03. The van der Waals surface area contributed by atoms with Gasteiger partial charge in [0.25, 0.3) is 0 Å². The van der Waals surface area contributed by atoms with Crippen molar-refractivity contribution in [2.75, 3.05) is 6.54 Å². The molecule has 0 saturated heterocycles. The predicted molar refractivity (Wildman–Crippen MR) is 116 cm³/mol. The Morgan fingerprint density at radius 2 is 1.86 bits per heavy atom. The number of aryl methyl sites for hydroxylation is 1. The monoisotopic (exact) mass is 410 g/mol. The third kappa shape index (κ3) is 4.64. The Labute approximate surface area is 177 Å². The molecule has 0 N–H and O–H groups in total. The van der Waals surface area contributed by atoms with Crippen molar-refractivity contribution >= 4 is 23.2 Å². The van der Waals surface area contributed by atoms with Gasteiger partial charge in [-0.05, 0) is 37.0 Å². The molecule has 2 aliphatic rings. The second kappa shape index (κ2) is 9.00. The Kier molecular flexibility index (Phi) is 6.19. The van der Waals surface area contributed by atoms with Crippen LogP contribution in [0, 0.1) is 12.8 Å². The Morgan fingerprint density at radius 1 is 1.14 bits per heavy atom. The van der Waals surface area contributed by atoms with Gasteiger partial charge in [0.15, 0.2) is 6.10 Å². The van der Waals surface area contributed by atoms with E-state index in [1.807, 2.05) is 41.3 Å². The van der Waals surface area contributed by atoms with Crippen molar-refractivity contribution in [3.63, 3.8) is 0 Å². The van der Waals surface area contributed by atoms with Crippen LogP contribution in [-0.4, -0.2) is 29.2 Å². The van der Waals surface area contributed by atoms with E-state index in [1.165, 1.54) is 5.56 Å². The van der Waals surface area contributed by atoms with Gasteiger partial charge in [0, 0.05) is 29.5 Å². The number of nitrogens with zero attached hydrogens (tertiary/aromatic N) is 2. The molecule has 0 radical (unpaired) electrons. The van der Waals surface area contributed by atoms with Gasteiger partial charge in [0.2, 0.25) is 5.91 Å². The Balaban J connectivity index is 1.48. The SMILES string of the molecule is Cc1ccccc1C1=NO[C@@H](CN(Cc2ccccc2Cl)C(=O)C2CCCC2)C1. The molecule has 152 valence electrons. The number of rotatable bonds is 6. The molecule has 29 heavy (non-hydrogen) atoms. The Morgan fingerprint density at radius 3 is 2.62 bits per heavy atom. The summed E-state index contributed by atoms with van der Waals surface area (Å²) in [6.07, 6.45) is 4.82. The Hall–Kier alpha value is -2.33. The number of carbonyl (C=O) groups is 1. The van der Waals surface area contributed by atoms with Gasteiger partial charge in [-0.3, -0.25) is 4.79 Å². The molecule has 5 heteroatoms. The summed E-state index contributed by atoms with van der Waals surface area (Å²) < 4.78 is 0. The van der Waals surface area contributed by atoms with Gasteiger partial charge < -0.3 is 9.74 Å². The van der Waals surface area contributed by atoms with Crippen LogP contribution in [0.3, 0.4) is 0 Å². The number of benzene rings is 2. The second-order valence-corrected chi connectivity index (χ2v) is 8.48. The van der Waals surface area contributed by atoms with Crippen molar-refractivity contribution in [2.24, 2.45) is 11.1 Å². The standard InChI is InChI=1S/C24H27ClN2O2/c1-17-8-2-6-12-21(17)23-14-20(29-26-23)16-27(24(28)18-9-3-4-10-18)15-19-11-5-7-13-22(19)25/h2,5-8,11-13,18,20H,3-4,9-10,14-16H2,1H3/t20-/m1/s1. The first-order valence-electron chi connectivity index (χ1n) is 10.4. The summed E-state index contributed by atoms with van der Waals surface area (Å²) >= 11 is 6.38. The molecule has 0 aromatic heterocycles. The van der Waals surface area contributed by atoms with Crippen LogP contribution < -0.4 is 0 Å². The summed E-state index contributed by atoms with van der Waals surface area (Å²) in [5.41, 5.74) is 4.23. The summed E-state index contributed by atoms with van der Waals surface area (Å²) in [6, 6.07) is 15.9. The molecule has 1 fully saturated rings. The van der Waals surface area contributed by atoms with Crippen LogP contribution in [0.25, 0.3) is 0 Å². The third-order valence-corrected chi connectivity index (χ3v) is 6.32. The van der Waals surface area contributed by atoms with Crippen molar-refractivity contribution in [2.45, 2.75) is 51.7 Å². The average Bonchev–Trinajstić information content (AvgIpc) is 3.41. The van der Waals surface area contributed by atoms with E-state index in [0.29, 0.717) is 24.5 Å². The van der Waals surface area contributed by atoms with E-state index in [0.717, 1.165) is 42.5 Å². The second-order valence-electron chi connectivity index (χ2n) is 8.08. The van der Waals surface area contributed by atoms with E-state index in [4.69, 9.17) is 16.4 Å². The largest absolute Gasteiger partial charge is 0.390 e. The number of carbonyl (C=O) groups excluding carboxylic acids is 1. The first kappa shape index (κ1) is 20.0. The lowest BCUT2D eigenvalue weighted by atomic mass is 9.99. The summed E-state index contributed by atoms with van der Waals surface area (Å²) in [5.74, 6) is 0.339. The molecule has 0 unspecified atom stereocenters. The topological polar surface area (TPSA) is 41.9 Å². The molecular weight excluding hydrogens is 384 g/mol. The summed E-state index contributed by atoms with van der Waals surface area (Å²) in [7, 11) is 0. The summed E-state index contributed by atoms with van der Waals surface area (Å²) in [6.45, 7) is 3.12. The maximum Gasteiger partial charge on any atom is 0.226 e. The van der Waals surface area contributed by atoms with Crippen LogP contribution in [0.1, 0.15) is 48.8 Å². The van der Waals surface area contributed by atoms with E-state index in [9.17, 15) is 4.79 Å². The fraction of sp³-hybridized carbons (Fsp3) is 0.417. The van der Waals surface area contributed by atoms with E-state index in [1.54, 1.807) is 0 Å². The number of amides is 1. The molecule has 1 heterocycles. The third-order valence-electron chi connectivity index (χ3n) is 5.95. The van der Waals surface area contributed by atoms with Gasteiger partial charge in [0.1, 0.15) is 0 Å². The van der Waals surface area contributed by atoms with Crippen LogP contribution in [0.15, 0.2) is 53.7 Å². The zero-order valence-electron chi connectivity index (χ0n) is 16.8. The lowest BCUT2D eigenvalue weighted by Gasteiger charge is -2.28. The molecule has 2 aromatic carbocycles. The minimum Gasteiger partial charge on any atom is -0.390 e. The molecule has 1 amide bonds. The van der Waals surface area contributed by atoms with Crippen LogP contribution >= 0.6 is 11.6 Å². The first-order chi connectivity index (χ1) is 14.1. The minimum absolute atomic E-state index is 0.121. The zero-order valence-corrected chi connectivity index (χ0v) is 17.6. The van der Waals surface area contributed by atoms with E-state index < -0.39 is 0 Å². The van der Waals surface area contributed by atoms with E-state index in [2.05, 4.69) is 24.2 Å². The molecule has 1 atom stereocenters. The van der Waals surface area contributed by atoms with Crippen molar-refractivity contribution in [1.82, 2.24) is 4.90 Å². The van der Waals surface area contributed by atoms with Crippen LogP contribution in [0.5, 0.6) is 0 Å². The maximum atomic E-state index is 13.2. The molecule has 2 aromatic rings.